The van der Waals surface area contributed by atoms with Gasteiger partial charge in [0.2, 0.25) is 0 Å². The fourth-order valence-electron chi connectivity index (χ4n) is 2.61. The molecule has 0 bridgehead atoms. The molecule has 1 atom stereocenters. The Hall–Kier alpha value is -2.22. The highest BCUT2D eigenvalue weighted by Crippen LogP contribution is 2.34. The summed E-state index contributed by atoms with van der Waals surface area (Å²) < 4.78 is 15.5. The third kappa shape index (κ3) is 2.63. The zero-order valence-corrected chi connectivity index (χ0v) is 13.9. The van der Waals surface area contributed by atoms with Gasteiger partial charge in [-0.1, -0.05) is 12.1 Å². The van der Waals surface area contributed by atoms with Crippen molar-refractivity contribution in [3.8, 4) is 0 Å². The molecule has 0 radical (unpaired) electrons. The summed E-state index contributed by atoms with van der Waals surface area (Å²) in [6.45, 7) is 0. The fourth-order valence-corrected chi connectivity index (χ4v) is 3.68. The molecule has 0 amide bonds. The maximum Gasteiger partial charge on any atom is 0.332 e. The molecule has 1 aliphatic rings. The molecule has 1 N–H and O–H groups in total. The van der Waals surface area contributed by atoms with Gasteiger partial charge >= 0.3 is 5.69 Å². The minimum Gasteiger partial charge on any atom is -0.349 e. The topological polar surface area (TPSA) is 59.3 Å². The van der Waals surface area contributed by atoms with Gasteiger partial charge in [0.05, 0.1) is 0 Å². The smallest absolute Gasteiger partial charge is 0.332 e. The van der Waals surface area contributed by atoms with Crippen LogP contribution in [0.25, 0.3) is 0 Å². The summed E-state index contributed by atoms with van der Waals surface area (Å²) in [5, 5.41) is 3.16. The molecular weight excluding hydrogens is 319 g/mol. The lowest BCUT2D eigenvalue weighted by molar-refractivity contribution is 0.627. The summed E-state index contributed by atoms with van der Waals surface area (Å²) >= 11 is 1.57. The van der Waals surface area contributed by atoms with Crippen LogP contribution in [0, 0.1) is 5.82 Å². The first kappa shape index (κ1) is 15.7. The van der Waals surface area contributed by atoms with Gasteiger partial charge in [-0.2, -0.15) is 0 Å². The van der Waals surface area contributed by atoms with Crippen LogP contribution in [-0.2, 0) is 19.8 Å². The summed E-state index contributed by atoms with van der Waals surface area (Å²) in [5.74, 6) is 0.973. The van der Waals surface area contributed by atoms with E-state index in [1.54, 1.807) is 30.9 Å². The molecule has 1 aliphatic heterocycles. The predicted octanol–water partition coefficient (Wildman–Crippen LogP) is 1.30. The Kier molecular flexibility index (Phi) is 3.93. The van der Waals surface area contributed by atoms with Gasteiger partial charge in [-0.05, 0) is 17.7 Å². The van der Waals surface area contributed by atoms with Crippen LogP contribution in [0.1, 0.15) is 5.56 Å². The highest BCUT2D eigenvalue weighted by molar-refractivity contribution is 7.99. The first-order valence-corrected chi connectivity index (χ1v) is 8.10. The van der Waals surface area contributed by atoms with Crippen molar-refractivity contribution >= 4 is 23.3 Å². The molecule has 6 nitrogen and oxygen atoms in total. The zero-order valence-electron chi connectivity index (χ0n) is 13.0. The van der Waals surface area contributed by atoms with Crippen LogP contribution in [0.3, 0.4) is 0 Å². The van der Waals surface area contributed by atoms with Gasteiger partial charge in [0.25, 0.3) is 5.56 Å². The van der Waals surface area contributed by atoms with E-state index < -0.39 is 0 Å². The number of benzene rings is 1. The number of hydrogen-bond acceptors (Lipinski definition) is 5. The van der Waals surface area contributed by atoms with Crippen LogP contribution >= 0.6 is 11.8 Å². The van der Waals surface area contributed by atoms with Gasteiger partial charge in [-0.15, -0.1) is 11.8 Å². The minimum absolute atomic E-state index is 0.171. The van der Waals surface area contributed by atoms with Crippen molar-refractivity contribution in [2.75, 3.05) is 17.3 Å². The molecule has 8 heteroatoms. The molecule has 1 aromatic heterocycles. The molecule has 1 aromatic carbocycles. The lowest BCUT2D eigenvalue weighted by Crippen LogP contribution is -2.38. The summed E-state index contributed by atoms with van der Waals surface area (Å²) in [6, 6.07) is 6.32. The number of nitrogens with one attached hydrogen (secondary N) is 1. The molecule has 122 valence electrons. The molecule has 0 aliphatic carbocycles. The van der Waals surface area contributed by atoms with Crippen molar-refractivity contribution in [1.29, 1.82) is 0 Å². The standard InChI is InChI=1S/C15H17FN4O2S/c1-18-12-11(13(21)20(3)15(22)19(12)2)17-14(18)23-8-9-4-6-10(16)7-5-9/h4-7,14,17H,8H2,1-3H3. The minimum atomic E-state index is -0.355. The molecule has 0 saturated heterocycles. The molecule has 2 aromatic rings. The summed E-state index contributed by atoms with van der Waals surface area (Å²) in [4.78, 5) is 26.2. The molecule has 3 rings (SSSR count). The van der Waals surface area contributed by atoms with E-state index in [4.69, 9.17) is 0 Å². The Balaban J connectivity index is 1.84. The molecular formula is C15H17FN4O2S. The van der Waals surface area contributed by atoms with E-state index in [9.17, 15) is 14.0 Å². The normalized spacial score (nSPS) is 16.3. The first-order chi connectivity index (χ1) is 10.9. The molecule has 1 unspecified atom stereocenters. The fraction of sp³-hybridized carbons (Fsp3) is 0.333. The lowest BCUT2D eigenvalue weighted by Gasteiger charge is -2.22. The average molecular weight is 336 g/mol. The van der Waals surface area contributed by atoms with Gasteiger partial charge < -0.3 is 10.2 Å². The Morgan fingerprint density at radius 1 is 1.13 bits per heavy atom. The molecule has 0 saturated carbocycles. The maximum atomic E-state index is 12.9. The van der Waals surface area contributed by atoms with Crippen LogP contribution in [0.2, 0.25) is 0 Å². The number of halogens is 1. The van der Waals surface area contributed by atoms with E-state index in [0.717, 1.165) is 10.1 Å². The Labute approximate surface area is 136 Å². The van der Waals surface area contributed by atoms with E-state index in [1.165, 1.54) is 23.7 Å². The van der Waals surface area contributed by atoms with Crippen LogP contribution in [0.15, 0.2) is 33.9 Å². The SMILES string of the molecule is CN1c2c(c(=O)n(C)c(=O)n2C)NC1SCc1ccc(F)cc1. The van der Waals surface area contributed by atoms with Crippen molar-refractivity contribution in [2.45, 2.75) is 11.3 Å². The second-order valence-electron chi connectivity index (χ2n) is 5.45. The third-order valence-corrected chi connectivity index (χ3v) is 5.16. The second-order valence-corrected chi connectivity index (χ2v) is 6.52. The van der Waals surface area contributed by atoms with Crippen LogP contribution < -0.4 is 21.5 Å². The quantitative estimate of drug-likeness (QED) is 0.916. The molecule has 23 heavy (non-hydrogen) atoms. The second kappa shape index (κ2) is 5.77. The van der Waals surface area contributed by atoms with Crippen LogP contribution in [0.4, 0.5) is 15.9 Å². The van der Waals surface area contributed by atoms with E-state index in [-0.39, 0.29) is 22.6 Å². The number of nitrogens with zero attached hydrogens (tertiary/aromatic N) is 3. The van der Waals surface area contributed by atoms with Crippen molar-refractivity contribution in [1.82, 2.24) is 9.13 Å². The number of thioether (sulfide) groups is 1. The largest absolute Gasteiger partial charge is 0.349 e. The van der Waals surface area contributed by atoms with E-state index in [0.29, 0.717) is 17.3 Å². The number of rotatable bonds is 3. The van der Waals surface area contributed by atoms with Crippen molar-refractivity contribution in [3.05, 3.63) is 56.5 Å². The predicted molar refractivity (Wildman–Crippen MR) is 90.4 cm³/mol. The van der Waals surface area contributed by atoms with Gasteiger partial charge in [0, 0.05) is 26.9 Å². The van der Waals surface area contributed by atoms with E-state index in [1.807, 2.05) is 11.9 Å². The highest BCUT2D eigenvalue weighted by Gasteiger charge is 2.31. The van der Waals surface area contributed by atoms with Gasteiger partial charge in [-0.25, -0.2) is 9.18 Å². The van der Waals surface area contributed by atoms with Crippen molar-refractivity contribution in [2.24, 2.45) is 14.1 Å². The number of fused-ring (bicyclic) bond motifs is 1. The van der Waals surface area contributed by atoms with Crippen molar-refractivity contribution in [3.63, 3.8) is 0 Å². The molecule has 2 heterocycles. The Morgan fingerprint density at radius 2 is 1.78 bits per heavy atom. The Bertz CT molecular complexity index is 860. The van der Waals surface area contributed by atoms with Crippen LogP contribution in [0.5, 0.6) is 0 Å². The lowest BCUT2D eigenvalue weighted by atomic mass is 10.2. The van der Waals surface area contributed by atoms with Crippen molar-refractivity contribution < 1.29 is 4.39 Å². The van der Waals surface area contributed by atoms with Gasteiger partial charge in [-0.3, -0.25) is 13.9 Å². The molecule has 0 fully saturated rings. The first-order valence-electron chi connectivity index (χ1n) is 7.05. The van der Waals surface area contributed by atoms with Gasteiger partial charge in [0.15, 0.2) is 0 Å². The van der Waals surface area contributed by atoms with E-state index >= 15 is 0 Å². The van der Waals surface area contributed by atoms with Gasteiger partial charge in [0.1, 0.15) is 22.8 Å². The summed E-state index contributed by atoms with van der Waals surface area (Å²) in [5.41, 5.74) is 0.556. The van der Waals surface area contributed by atoms with Crippen LogP contribution in [-0.4, -0.2) is 21.7 Å². The third-order valence-electron chi connectivity index (χ3n) is 3.91. The average Bonchev–Trinajstić information content (AvgIpc) is 2.87. The number of hydrogen-bond donors (Lipinski definition) is 1. The summed E-state index contributed by atoms with van der Waals surface area (Å²) in [7, 11) is 4.94. The van der Waals surface area contributed by atoms with E-state index in [2.05, 4.69) is 5.32 Å². The zero-order chi connectivity index (χ0) is 16.7. The number of anilines is 2. The summed E-state index contributed by atoms with van der Waals surface area (Å²) in [6.07, 6.45) is 0. The molecule has 0 spiro atoms. The highest BCUT2D eigenvalue weighted by atomic mass is 32.2. The number of aromatic nitrogens is 2. The maximum absolute atomic E-state index is 12.9. The monoisotopic (exact) mass is 336 g/mol. The Morgan fingerprint density at radius 3 is 2.43 bits per heavy atom.